The summed E-state index contributed by atoms with van der Waals surface area (Å²) in [4.78, 5) is 4.62. The smallest absolute Gasteiger partial charge is 0.124 e. The predicted molar refractivity (Wildman–Crippen MR) is 77.8 cm³/mol. The van der Waals surface area contributed by atoms with Gasteiger partial charge in [-0.2, -0.15) is 0 Å². The van der Waals surface area contributed by atoms with Gasteiger partial charge in [0, 0.05) is 15.1 Å². The minimum atomic E-state index is 0.748. The molecule has 0 aliphatic carbocycles. The second-order valence-corrected chi connectivity index (χ2v) is 6.02. The maximum atomic E-state index is 5.88. The molecule has 0 spiro atoms. The number of hydrogen-bond donors (Lipinski definition) is 0. The molecule has 0 saturated heterocycles. The molecule has 0 aliphatic rings. The van der Waals surface area contributed by atoms with Gasteiger partial charge in [0.2, 0.25) is 0 Å². The van der Waals surface area contributed by atoms with E-state index in [1.807, 2.05) is 36.4 Å². The number of nitrogens with zero attached hydrogens (tertiary/aromatic N) is 1. The zero-order valence-electron chi connectivity index (χ0n) is 8.65. The standard InChI is InChI=1S/C13H7BrClNS/c14-9-3-6-12-11(7-9)16-13(17-12)8-1-4-10(15)5-2-8/h1-7H. The largest absolute Gasteiger partial charge is 0.236 e. The SMILES string of the molecule is Clc1ccc(-c2nc3cc(Br)ccc3s2)cc1. The van der Waals surface area contributed by atoms with E-state index in [0.717, 1.165) is 25.6 Å². The van der Waals surface area contributed by atoms with Crippen molar-refractivity contribution in [2.75, 3.05) is 0 Å². The van der Waals surface area contributed by atoms with Gasteiger partial charge in [0.25, 0.3) is 0 Å². The first-order valence-electron chi connectivity index (χ1n) is 5.04. The van der Waals surface area contributed by atoms with Crippen LogP contribution in [0.25, 0.3) is 20.8 Å². The van der Waals surface area contributed by atoms with Crippen molar-refractivity contribution in [2.45, 2.75) is 0 Å². The van der Waals surface area contributed by atoms with Crippen LogP contribution in [0.2, 0.25) is 5.02 Å². The number of fused-ring (bicyclic) bond motifs is 1. The molecule has 0 saturated carbocycles. The molecule has 0 bridgehead atoms. The first-order chi connectivity index (χ1) is 8.22. The maximum Gasteiger partial charge on any atom is 0.124 e. The molecular weight excluding hydrogens is 318 g/mol. The molecule has 0 unspecified atom stereocenters. The summed E-state index contributed by atoms with van der Waals surface area (Å²) in [5.74, 6) is 0. The van der Waals surface area contributed by atoms with Crippen LogP contribution in [-0.4, -0.2) is 4.98 Å². The summed E-state index contributed by atoms with van der Waals surface area (Å²) in [6.45, 7) is 0. The quantitative estimate of drug-likeness (QED) is 0.585. The van der Waals surface area contributed by atoms with Gasteiger partial charge in [-0.3, -0.25) is 0 Å². The van der Waals surface area contributed by atoms with E-state index < -0.39 is 0 Å². The lowest BCUT2D eigenvalue weighted by molar-refractivity contribution is 1.47. The summed E-state index contributed by atoms with van der Waals surface area (Å²) in [7, 11) is 0. The second-order valence-electron chi connectivity index (χ2n) is 3.64. The third kappa shape index (κ3) is 2.23. The summed E-state index contributed by atoms with van der Waals surface area (Å²) in [5, 5.41) is 1.77. The van der Waals surface area contributed by atoms with Crippen LogP contribution in [0, 0.1) is 0 Å². The zero-order valence-corrected chi connectivity index (χ0v) is 11.8. The average Bonchev–Trinajstić information content (AvgIpc) is 2.72. The van der Waals surface area contributed by atoms with E-state index in [4.69, 9.17) is 11.6 Å². The minimum Gasteiger partial charge on any atom is -0.236 e. The first-order valence-corrected chi connectivity index (χ1v) is 7.03. The van der Waals surface area contributed by atoms with Crippen LogP contribution >= 0.6 is 38.9 Å². The lowest BCUT2D eigenvalue weighted by atomic mass is 10.2. The molecule has 1 nitrogen and oxygen atoms in total. The highest BCUT2D eigenvalue weighted by Crippen LogP contribution is 2.31. The monoisotopic (exact) mass is 323 g/mol. The Morgan fingerprint density at radius 1 is 1.06 bits per heavy atom. The summed E-state index contributed by atoms with van der Waals surface area (Å²) >= 11 is 11.0. The normalized spacial score (nSPS) is 10.9. The lowest BCUT2D eigenvalue weighted by Gasteiger charge is -1.94. The van der Waals surface area contributed by atoms with Crippen molar-refractivity contribution in [1.29, 1.82) is 0 Å². The topological polar surface area (TPSA) is 12.9 Å². The Morgan fingerprint density at radius 3 is 2.59 bits per heavy atom. The molecule has 1 heterocycles. The van der Waals surface area contributed by atoms with Gasteiger partial charge in [0.15, 0.2) is 0 Å². The van der Waals surface area contributed by atoms with E-state index in [-0.39, 0.29) is 0 Å². The molecule has 0 aliphatic heterocycles. The molecule has 2 aromatic carbocycles. The van der Waals surface area contributed by atoms with Gasteiger partial charge in [-0.05, 0) is 30.3 Å². The van der Waals surface area contributed by atoms with E-state index in [2.05, 4.69) is 27.0 Å². The zero-order chi connectivity index (χ0) is 11.8. The molecule has 3 rings (SSSR count). The summed E-state index contributed by atoms with van der Waals surface area (Å²) in [6.07, 6.45) is 0. The van der Waals surface area contributed by atoms with E-state index >= 15 is 0 Å². The molecular formula is C13H7BrClNS. The van der Waals surface area contributed by atoms with Crippen LogP contribution in [0.5, 0.6) is 0 Å². The van der Waals surface area contributed by atoms with Crippen LogP contribution in [0.1, 0.15) is 0 Å². The first kappa shape index (κ1) is 11.2. The van der Waals surface area contributed by atoms with Crippen molar-refractivity contribution >= 4 is 49.1 Å². The van der Waals surface area contributed by atoms with Crippen molar-refractivity contribution < 1.29 is 0 Å². The Hall–Kier alpha value is -0.900. The molecule has 4 heteroatoms. The van der Waals surface area contributed by atoms with Crippen LogP contribution in [0.15, 0.2) is 46.9 Å². The van der Waals surface area contributed by atoms with Crippen LogP contribution in [0.3, 0.4) is 0 Å². The third-order valence-corrected chi connectivity index (χ3v) is 4.27. The van der Waals surface area contributed by atoms with Crippen LogP contribution < -0.4 is 0 Å². The number of aromatic nitrogens is 1. The number of thiazole rings is 1. The van der Waals surface area contributed by atoms with Gasteiger partial charge in [-0.1, -0.05) is 39.7 Å². The van der Waals surface area contributed by atoms with Gasteiger partial charge < -0.3 is 0 Å². The number of benzene rings is 2. The minimum absolute atomic E-state index is 0.748. The number of halogens is 2. The molecule has 3 aromatic rings. The third-order valence-electron chi connectivity index (χ3n) is 2.44. The number of hydrogen-bond acceptors (Lipinski definition) is 2. The van der Waals surface area contributed by atoms with Crippen molar-refractivity contribution in [3.63, 3.8) is 0 Å². The fourth-order valence-corrected chi connectivity index (χ4v) is 3.04. The van der Waals surface area contributed by atoms with Crippen molar-refractivity contribution in [1.82, 2.24) is 4.98 Å². The molecule has 17 heavy (non-hydrogen) atoms. The second kappa shape index (κ2) is 4.41. The van der Waals surface area contributed by atoms with Crippen molar-refractivity contribution in [2.24, 2.45) is 0 Å². The van der Waals surface area contributed by atoms with Gasteiger partial charge in [-0.25, -0.2) is 4.98 Å². The Labute approximate surface area is 116 Å². The van der Waals surface area contributed by atoms with Gasteiger partial charge in [-0.15, -0.1) is 11.3 Å². The highest BCUT2D eigenvalue weighted by molar-refractivity contribution is 9.10. The van der Waals surface area contributed by atoms with E-state index in [1.165, 1.54) is 4.70 Å². The number of rotatable bonds is 1. The Balaban J connectivity index is 2.14. The van der Waals surface area contributed by atoms with Gasteiger partial charge in [0.1, 0.15) is 5.01 Å². The fourth-order valence-electron chi connectivity index (χ4n) is 1.62. The molecule has 0 N–H and O–H groups in total. The average molecular weight is 325 g/mol. The van der Waals surface area contributed by atoms with Gasteiger partial charge >= 0.3 is 0 Å². The Bertz CT molecular complexity index is 675. The maximum absolute atomic E-state index is 5.88. The molecule has 1 aromatic heterocycles. The Morgan fingerprint density at radius 2 is 1.82 bits per heavy atom. The molecule has 0 radical (unpaired) electrons. The summed E-state index contributed by atoms with van der Waals surface area (Å²) in [5.41, 5.74) is 2.13. The van der Waals surface area contributed by atoms with Crippen molar-refractivity contribution in [3.8, 4) is 10.6 Å². The van der Waals surface area contributed by atoms with E-state index in [9.17, 15) is 0 Å². The predicted octanol–water partition coefficient (Wildman–Crippen LogP) is 5.38. The fraction of sp³-hybridized carbons (Fsp3) is 0. The summed E-state index contributed by atoms with van der Waals surface area (Å²) < 4.78 is 2.25. The van der Waals surface area contributed by atoms with Crippen LogP contribution in [0.4, 0.5) is 0 Å². The highest BCUT2D eigenvalue weighted by Gasteiger charge is 2.06. The van der Waals surface area contributed by atoms with Gasteiger partial charge in [0.05, 0.1) is 10.2 Å². The lowest BCUT2D eigenvalue weighted by Crippen LogP contribution is -1.74. The van der Waals surface area contributed by atoms with E-state index in [0.29, 0.717) is 0 Å². The Kier molecular flexibility index (Phi) is 2.90. The summed E-state index contributed by atoms with van der Waals surface area (Å²) in [6, 6.07) is 13.9. The van der Waals surface area contributed by atoms with Crippen LogP contribution in [-0.2, 0) is 0 Å². The molecule has 0 amide bonds. The highest BCUT2D eigenvalue weighted by atomic mass is 79.9. The molecule has 0 atom stereocenters. The molecule has 84 valence electrons. The van der Waals surface area contributed by atoms with Crippen molar-refractivity contribution in [3.05, 3.63) is 52.0 Å². The van der Waals surface area contributed by atoms with E-state index in [1.54, 1.807) is 11.3 Å². The molecule has 0 fully saturated rings.